The minimum Gasteiger partial charge on any atom is -0.369 e. The highest BCUT2D eigenvalue weighted by molar-refractivity contribution is 9.10. The lowest BCUT2D eigenvalue weighted by atomic mass is 10.1. The van der Waals surface area contributed by atoms with Gasteiger partial charge in [-0.2, -0.15) is 0 Å². The Kier molecular flexibility index (Phi) is 5.02. The lowest BCUT2D eigenvalue weighted by Gasteiger charge is -2.21. The lowest BCUT2D eigenvalue weighted by Crippen LogP contribution is -2.17. The van der Waals surface area contributed by atoms with Crippen LogP contribution in [0.15, 0.2) is 51.4 Å². The van der Waals surface area contributed by atoms with Gasteiger partial charge in [0.1, 0.15) is 0 Å². The zero-order valence-electron chi connectivity index (χ0n) is 10.7. The van der Waals surface area contributed by atoms with Crippen LogP contribution in [0.5, 0.6) is 0 Å². The van der Waals surface area contributed by atoms with Gasteiger partial charge in [0.2, 0.25) is 0 Å². The van der Waals surface area contributed by atoms with E-state index >= 15 is 0 Å². The molecular formula is C15H16Br2N2. The van der Waals surface area contributed by atoms with Crippen molar-refractivity contribution in [3.63, 3.8) is 0 Å². The SMILES string of the molecule is CN(Cc1ccc(Br)cc1)c1ccc(CN)cc1Br. The van der Waals surface area contributed by atoms with Gasteiger partial charge in [-0.15, -0.1) is 0 Å². The first-order valence-corrected chi connectivity index (χ1v) is 7.63. The summed E-state index contributed by atoms with van der Waals surface area (Å²) in [5.74, 6) is 0. The monoisotopic (exact) mass is 382 g/mol. The van der Waals surface area contributed by atoms with Crippen LogP contribution in [0.2, 0.25) is 0 Å². The van der Waals surface area contributed by atoms with Crippen molar-refractivity contribution in [3.8, 4) is 0 Å². The third-order valence-corrected chi connectivity index (χ3v) is 4.16. The zero-order valence-corrected chi connectivity index (χ0v) is 13.9. The molecule has 0 aliphatic rings. The van der Waals surface area contributed by atoms with E-state index in [2.05, 4.69) is 86.3 Å². The van der Waals surface area contributed by atoms with Gasteiger partial charge in [0.15, 0.2) is 0 Å². The van der Waals surface area contributed by atoms with Crippen molar-refractivity contribution in [1.29, 1.82) is 0 Å². The molecule has 0 fully saturated rings. The van der Waals surface area contributed by atoms with Crippen molar-refractivity contribution in [2.45, 2.75) is 13.1 Å². The van der Waals surface area contributed by atoms with Crippen LogP contribution in [-0.2, 0) is 13.1 Å². The summed E-state index contributed by atoms with van der Waals surface area (Å²) in [5.41, 5.74) is 9.22. The second kappa shape index (κ2) is 6.55. The molecule has 0 radical (unpaired) electrons. The molecule has 0 aliphatic carbocycles. The molecule has 2 N–H and O–H groups in total. The Bertz CT molecular complexity index is 553. The summed E-state index contributed by atoms with van der Waals surface area (Å²) in [5, 5.41) is 0. The first-order chi connectivity index (χ1) is 9.10. The van der Waals surface area contributed by atoms with Gasteiger partial charge >= 0.3 is 0 Å². The van der Waals surface area contributed by atoms with Gasteiger partial charge in [0.05, 0.1) is 5.69 Å². The Balaban J connectivity index is 2.15. The molecule has 0 saturated heterocycles. The number of rotatable bonds is 4. The second-order valence-electron chi connectivity index (χ2n) is 4.47. The van der Waals surface area contributed by atoms with Crippen LogP contribution in [0.3, 0.4) is 0 Å². The van der Waals surface area contributed by atoms with E-state index in [1.807, 2.05) is 0 Å². The quantitative estimate of drug-likeness (QED) is 0.852. The van der Waals surface area contributed by atoms with Crippen LogP contribution in [-0.4, -0.2) is 7.05 Å². The molecular weight excluding hydrogens is 368 g/mol. The number of hydrogen-bond acceptors (Lipinski definition) is 2. The maximum Gasteiger partial charge on any atom is 0.0511 e. The van der Waals surface area contributed by atoms with Crippen LogP contribution < -0.4 is 10.6 Å². The fourth-order valence-corrected chi connectivity index (χ4v) is 2.93. The summed E-state index contributed by atoms with van der Waals surface area (Å²) in [6.45, 7) is 1.43. The highest BCUT2D eigenvalue weighted by Gasteiger charge is 2.07. The molecule has 0 aliphatic heterocycles. The van der Waals surface area contributed by atoms with Crippen molar-refractivity contribution >= 4 is 37.5 Å². The normalized spacial score (nSPS) is 10.5. The Morgan fingerprint density at radius 1 is 1.00 bits per heavy atom. The van der Waals surface area contributed by atoms with Gasteiger partial charge in [0, 0.05) is 29.1 Å². The predicted octanol–water partition coefficient (Wildman–Crippen LogP) is 4.31. The Morgan fingerprint density at radius 2 is 1.63 bits per heavy atom. The van der Waals surface area contributed by atoms with Crippen molar-refractivity contribution in [2.75, 3.05) is 11.9 Å². The maximum absolute atomic E-state index is 5.64. The molecule has 0 heterocycles. The number of anilines is 1. The molecule has 100 valence electrons. The van der Waals surface area contributed by atoms with Crippen LogP contribution in [0.1, 0.15) is 11.1 Å². The molecule has 0 spiro atoms. The highest BCUT2D eigenvalue weighted by atomic mass is 79.9. The predicted molar refractivity (Wildman–Crippen MR) is 88.3 cm³/mol. The van der Waals surface area contributed by atoms with E-state index in [9.17, 15) is 0 Å². The molecule has 0 atom stereocenters. The number of nitrogens with two attached hydrogens (primary N) is 1. The molecule has 2 aromatic rings. The minimum absolute atomic E-state index is 0.565. The summed E-state index contributed by atoms with van der Waals surface area (Å²) < 4.78 is 2.18. The summed E-state index contributed by atoms with van der Waals surface area (Å²) in [6, 6.07) is 14.6. The molecule has 0 saturated carbocycles. The van der Waals surface area contributed by atoms with Crippen LogP contribution >= 0.6 is 31.9 Å². The van der Waals surface area contributed by atoms with E-state index in [4.69, 9.17) is 5.73 Å². The Hall–Kier alpha value is -0.840. The van der Waals surface area contributed by atoms with E-state index in [1.165, 1.54) is 11.3 Å². The van der Waals surface area contributed by atoms with Crippen molar-refractivity contribution in [3.05, 3.63) is 62.5 Å². The minimum atomic E-state index is 0.565. The molecule has 0 amide bonds. The molecule has 2 nitrogen and oxygen atoms in total. The first-order valence-electron chi connectivity index (χ1n) is 6.04. The molecule has 0 aromatic heterocycles. The van der Waals surface area contributed by atoms with Crippen LogP contribution in [0.4, 0.5) is 5.69 Å². The standard InChI is InChI=1S/C15H16Br2N2/c1-19(10-11-2-5-13(16)6-3-11)15-7-4-12(9-18)8-14(15)17/h2-8H,9-10,18H2,1H3. The van der Waals surface area contributed by atoms with E-state index in [-0.39, 0.29) is 0 Å². The summed E-state index contributed by atoms with van der Waals surface area (Å²) in [7, 11) is 2.09. The highest BCUT2D eigenvalue weighted by Crippen LogP contribution is 2.27. The molecule has 2 aromatic carbocycles. The van der Waals surface area contributed by atoms with E-state index in [0.29, 0.717) is 6.54 Å². The number of hydrogen-bond donors (Lipinski definition) is 1. The van der Waals surface area contributed by atoms with Crippen LogP contribution in [0.25, 0.3) is 0 Å². The van der Waals surface area contributed by atoms with Gasteiger partial charge in [-0.1, -0.05) is 34.1 Å². The zero-order chi connectivity index (χ0) is 13.8. The van der Waals surface area contributed by atoms with Crippen LogP contribution in [0, 0.1) is 0 Å². The fourth-order valence-electron chi connectivity index (χ4n) is 1.94. The largest absolute Gasteiger partial charge is 0.369 e. The van der Waals surface area contributed by atoms with E-state index in [1.54, 1.807) is 0 Å². The van der Waals surface area contributed by atoms with Crippen molar-refractivity contribution in [2.24, 2.45) is 5.73 Å². The fraction of sp³-hybridized carbons (Fsp3) is 0.200. The third kappa shape index (κ3) is 3.81. The smallest absolute Gasteiger partial charge is 0.0511 e. The van der Waals surface area contributed by atoms with Gasteiger partial charge in [0.25, 0.3) is 0 Å². The second-order valence-corrected chi connectivity index (χ2v) is 6.24. The molecule has 0 unspecified atom stereocenters. The molecule has 0 bridgehead atoms. The molecule has 19 heavy (non-hydrogen) atoms. The Labute approximate surface area is 130 Å². The average Bonchev–Trinajstić information content (AvgIpc) is 2.41. The average molecular weight is 384 g/mol. The van der Waals surface area contributed by atoms with Gasteiger partial charge in [-0.25, -0.2) is 0 Å². The molecule has 2 rings (SSSR count). The summed E-state index contributed by atoms with van der Waals surface area (Å²) in [6.07, 6.45) is 0. The van der Waals surface area contributed by atoms with Crippen molar-refractivity contribution in [1.82, 2.24) is 0 Å². The third-order valence-electron chi connectivity index (χ3n) is 2.99. The summed E-state index contributed by atoms with van der Waals surface area (Å²) in [4.78, 5) is 2.22. The summed E-state index contributed by atoms with van der Waals surface area (Å²) >= 11 is 7.06. The Morgan fingerprint density at radius 3 is 2.21 bits per heavy atom. The molecule has 4 heteroatoms. The van der Waals surface area contributed by atoms with E-state index < -0.39 is 0 Å². The first kappa shape index (κ1) is 14.6. The number of nitrogens with zero attached hydrogens (tertiary/aromatic N) is 1. The van der Waals surface area contributed by atoms with Gasteiger partial charge < -0.3 is 10.6 Å². The van der Waals surface area contributed by atoms with E-state index in [0.717, 1.165) is 21.1 Å². The lowest BCUT2D eigenvalue weighted by molar-refractivity contribution is 0.917. The topological polar surface area (TPSA) is 29.3 Å². The van der Waals surface area contributed by atoms with Gasteiger partial charge in [-0.3, -0.25) is 0 Å². The number of halogens is 2. The van der Waals surface area contributed by atoms with Crippen molar-refractivity contribution < 1.29 is 0 Å². The number of benzene rings is 2. The van der Waals surface area contributed by atoms with Gasteiger partial charge in [-0.05, 0) is 51.3 Å². The maximum atomic E-state index is 5.64.